The first-order chi connectivity index (χ1) is 4.36. The van der Waals surface area contributed by atoms with Crippen molar-refractivity contribution in [1.29, 1.82) is 0 Å². The van der Waals surface area contributed by atoms with Crippen molar-refractivity contribution < 1.29 is 9.59 Å². The van der Waals surface area contributed by atoms with Crippen LogP contribution in [-0.4, -0.2) is 24.7 Å². The van der Waals surface area contributed by atoms with Gasteiger partial charge in [0.05, 0.1) is 12.1 Å². The van der Waals surface area contributed by atoms with Crippen LogP contribution in [0.3, 0.4) is 0 Å². The molecule has 0 saturated heterocycles. The molecule has 1 rings (SSSR count). The van der Waals surface area contributed by atoms with Gasteiger partial charge < -0.3 is 9.59 Å². The van der Waals surface area contributed by atoms with Crippen LogP contribution in [0.25, 0.3) is 0 Å². The molecular formula is C6H7NO2. The Kier molecular flexibility index (Phi) is 1.75. The van der Waals surface area contributed by atoms with Gasteiger partial charge >= 0.3 is 0 Å². The molecule has 2 atom stereocenters. The van der Waals surface area contributed by atoms with Gasteiger partial charge in [-0.2, -0.15) is 0 Å². The number of nitrogens with one attached hydrogen (secondary N) is 1. The molecule has 3 heteroatoms. The molecule has 2 unspecified atom stereocenters. The molecule has 0 aromatic rings. The Labute approximate surface area is 52.7 Å². The average molecular weight is 125 g/mol. The van der Waals surface area contributed by atoms with E-state index in [4.69, 9.17) is 0 Å². The average Bonchev–Trinajstić information content (AvgIpc) is 2.34. The van der Waals surface area contributed by atoms with Gasteiger partial charge in [-0.3, -0.25) is 5.32 Å². The Hall–Kier alpha value is -0.960. The van der Waals surface area contributed by atoms with Crippen LogP contribution in [0.15, 0.2) is 12.2 Å². The lowest BCUT2D eigenvalue weighted by Crippen LogP contribution is -2.32. The summed E-state index contributed by atoms with van der Waals surface area (Å²) in [4.78, 5) is 20.1. The van der Waals surface area contributed by atoms with E-state index in [1.54, 1.807) is 12.2 Å². The topological polar surface area (TPSA) is 46.2 Å². The van der Waals surface area contributed by atoms with Crippen molar-refractivity contribution in [3.05, 3.63) is 12.2 Å². The second kappa shape index (κ2) is 2.55. The van der Waals surface area contributed by atoms with E-state index in [9.17, 15) is 9.59 Å². The Morgan fingerprint density at radius 2 is 1.56 bits per heavy atom. The molecule has 0 aliphatic carbocycles. The third-order valence-corrected chi connectivity index (χ3v) is 1.20. The van der Waals surface area contributed by atoms with Gasteiger partial charge in [0.25, 0.3) is 0 Å². The van der Waals surface area contributed by atoms with E-state index in [1.807, 2.05) is 0 Å². The minimum absolute atomic E-state index is 0.264. The lowest BCUT2D eigenvalue weighted by Gasteiger charge is -2.00. The number of carbonyl (C=O) groups excluding carboxylic acids is 2. The lowest BCUT2D eigenvalue weighted by molar-refractivity contribution is -0.109. The molecule has 0 aromatic carbocycles. The molecule has 48 valence electrons. The van der Waals surface area contributed by atoms with Crippen LogP contribution in [0.5, 0.6) is 0 Å². The first-order valence-electron chi connectivity index (χ1n) is 2.72. The number of carbonyl (C=O) groups is 2. The summed E-state index contributed by atoms with van der Waals surface area (Å²) in [6.07, 6.45) is 4.87. The quantitative estimate of drug-likeness (QED) is 0.391. The van der Waals surface area contributed by atoms with E-state index in [2.05, 4.69) is 5.32 Å². The maximum Gasteiger partial charge on any atom is 0.140 e. The van der Waals surface area contributed by atoms with Crippen molar-refractivity contribution in [2.75, 3.05) is 0 Å². The lowest BCUT2D eigenvalue weighted by atomic mass is 10.3. The molecule has 0 radical (unpaired) electrons. The number of hydrogen-bond acceptors (Lipinski definition) is 3. The molecule has 0 aromatic heterocycles. The maximum absolute atomic E-state index is 10.0. The van der Waals surface area contributed by atoms with Crippen LogP contribution >= 0.6 is 0 Å². The van der Waals surface area contributed by atoms with Gasteiger partial charge in [-0.1, -0.05) is 12.2 Å². The zero-order valence-electron chi connectivity index (χ0n) is 4.78. The van der Waals surface area contributed by atoms with E-state index in [0.717, 1.165) is 12.6 Å². The van der Waals surface area contributed by atoms with Gasteiger partial charge in [-0.15, -0.1) is 0 Å². The molecule has 0 bridgehead atoms. The Balaban J connectivity index is 2.48. The predicted molar refractivity (Wildman–Crippen MR) is 32.0 cm³/mol. The molecule has 0 amide bonds. The number of aldehydes is 2. The molecule has 1 aliphatic rings. The summed E-state index contributed by atoms with van der Waals surface area (Å²) < 4.78 is 0. The van der Waals surface area contributed by atoms with Gasteiger partial charge in [0.2, 0.25) is 0 Å². The second-order valence-electron chi connectivity index (χ2n) is 1.88. The third kappa shape index (κ3) is 1.23. The molecule has 3 nitrogen and oxygen atoms in total. The smallest absolute Gasteiger partial charge is 0.140 e. The molecule has 0 fully saturated rings. The monoisotopic (exact) mass is 125 g/mol. The van der Waals surface area contributed by atoms with Crippen LogP contribution in [0.4, 0.5) is 0 Å². The van der Waals surface area contributed by atoms with E-state index >= 15 is 0 Å². The fourth-order valence-corrected chi connectivity index (χ4v) is 0.742. The Morgan fingerprint density at radius 3 is 1.78 bits per heavy atom. The Bertz CT molecular complexity index is 137. The summed E-state index contributed by atoms with van der Waals surface area (Å²) >= 11 is 0. The minimum Gasteiger partial charge on any atom is -0.301 e. The third-order valence-electron chi connectivity index (χ3n) is 1.20. The van der Waals surface area contributed by atoms with Crippen molar-refractivity contribution in [1.82, 2.24) is 5.32 Å². The maximum atomic E-state index is 10.0. The second-order valence-corrected chi connectivity index (χ2v) is 1.88. The highest BCUT2D eigenvalue weighted by Crippen LogP contribution is 1.96. The highest BCUT2D eigenvalue weighted by molar-refractivity contribution is 5.69. The fourth-order valence-electron chi connectivity index (χ4n) is 0.742. The van der Waals surface area contributed by atoms with Gasteiger partial charge in [-0.05, 0) is 0 Å². The summed E-state index contributed by atoms with van der Waals surface area (Å²) in [7, 11) is 0. The van der Waals surface area contributed by atoms with Crippen LogP contribution in [-0.2, 0) is 9.59 Å². The van der Waals surface area contributed by atoms with E-state index in [1.165, 1.54) is 0 Å². The van der Waals surface area contributed by atoms with Crippen LogP contribution in [0.2, 0.25) is 0 Å². The van der Waals surface area contributed by atoms with Gasteiger partial charge in [0, 0.05) is 0 Å². The van der Waals surface area contributed by atoms with Crippen LogP contribution in [0.1, 0.15) is 0 Å². The molecule has 9 heavy (non-hydrogen) atoms. The zero-order valence-corrected chi connectivity index (χ0v) is 4.78. The molecule has 1 aliphatic heterocycles. The van der Waals surface area contributed by atoms with Crippen molar-refractivity contribution in [2.45, 2.75) is 12.1 Å². The van der Waals surface area contributed by atoms with Gasteiger partial charge in [0.1, 0.15) is 12.6 Å². The van der Waals surface area contributed by atoms with Gasteiger partial charge in [0.15, 0.2) is 0 Å². The van der Waals surface area contributed by atoms with E-state index in [-0.39, 0.29) is 12.1 Å². The fraction of sp³-hybridized carbons (Fsp3) is 0.333. The largest absolute Gasteiger partial charge is 0.301 e. The first-order valence-corrected chi connectivity index (χ1v) is 2.72. The van der Waals surface area contributed by atoms with Crippen molar-refractivity contribution in [3.63, 3.8) is 0 Å². The van der Waals surface area contributed by atoms with Crippen LogP contribution in [0, 0.1) is 0 Å². The van der Waals surface area contributed by atoms with E-state index < -0.39 is 0 Å². The van der Waals surface area contributed by atoms with Crippen molar-refractivity contribution in [2.24, 2.45) is 0 Å². The summed E-state index contributed by atoms with van der Waals surface area (Å²) in [5.74, 6) is 0. The summed E-state index contributed by atoms with van der Waals surface area (Å²) in [6, 6.07) is -0.527. The van der Waals surface area contributed by atoms with E-state index in [0.29, 0.717) is 0 Å². The molecule has 1 N–H and O–H groups in total. The molecular weight excluding hydrogens is 118 g/mol. The molecule has 0 spiro atoms. The summed E-state index contributed by atoms with van der Waals surface area (Å²) in [5.41, 5.74) is 0. The van der Waals surface area contributed by atoms with Crippen molar-refractivity contribution in [3.8, 4) is 0 Å². The predicted octanol–water partition coefficient (Wildman–Crippen LogP) is -0.719. The summed E-state index contributed by atoms with van der Waals surface area (Å²) in [5, 5.41) is 2.74. The Morgan fingerprint density at radius 1 is 1.11 bits per heavy atom. The SMILES string of the molecule is O=CC1C=CC(C=O)N1. The van der Waals surface area contributed by atoms with Crippen molar-refractivity contribution >= 4 is 12.6 Å². The zero-order chi connectivity index (χ0) is 6.69. The number of hydrogen-bond donors (Lipinski definition) is 1. The molecule has 0 saturated carbocycles. The molecule has 1 heterocycles. The van der Waals surface area contributed by atoms with Gasteiger partial charge in [-0.25, -0.2) is 0 Å². The minimum atomic E-state index is -0.264. The summed E-state index contributed by atoms with van der Waals surface area (Å²) in [6.45, 7) is 0. The standard InChI is InChI=1S/C6H7NO2/c8-3-5-1-2-6(4-9)7-5/h1-7H. The highest BCUT2D eigenvalue weighted by atomic mass is 16.1. The normalized spacial score (nSPS) is 32.4. The first kappa shape index (κ1) is 6.16. The van der Waals surface area contributed by atoms with Crippen LogP contribution < -0.4 is 5.32 Å². The number of rotatable bonds is 2. The highest BCUT2D eigenvalue weighted by Gasteiger charge is 2.14.